The Bertz CT molecular complexity index is 1090. The normalized spacial score (nSPS) is 10.3. The molecule has 0 aliphatic rings. The highest BCUT2D eigenvalue weighted by molar-refractivity contribution is 5.84. The fraction of sp³-hybridized carbons (Fsp3) is 0.0357. The predicted octanol–water partition coefficient (Wildman–Crippen LogP) is 7.22. The number of nitrogens with zero attached hydrogens (tertiary/aromatic N) is 1. The molecule has 0 atom stereocenters. The van der Waals surface area contributed by atoms with Gasteiger partial charge in [-0.3, -0.25) is 0 Å². The van der Waals surface area contributed by atoms with Crippen molar-refractivity contribution in [3.8, 4) is 0 Å². The van der Waals surface area contributed by atoms with E-state index in [1.54, 1.807) is 0 Å². The van der Waals surface area contributed by atoms with Crippen molar-refractivity contribution < 1.29 is 0 Å². The number of aryl methyl sites for hydroxylation is 1. The van der Waals surface area contributed by atoms with Crippen molar-refractivity contribution in [2.75, 3.05) is 4.90 Å². The first-order chi connectivity index (χ1) is 14.7. The lowest BCUT2D eigenvalue weighted by molar-refractivity contribution is 1.27. The Morgan fingerprint density at radius 2 is 1.10 bits per heavy atom. The fourth-order valence-corrected chi connectivity index (χ4v) is 3.41. The molecule has 2 heteroatoms. The van der Waals surface area contributed by atoms with Gasteiger partial charge < -0.3 is 10.3 Å². The molecule has 0 spiro atoms. The SMILES string of the molecule is Cc1ccc(N(C=C(c2ccccc2)c2ccccc2)c2ccc(C=N)cc2)cc1. The van der Waals surface area contributed by atoms with Crippen LogP contribution < -0.4 is 4.90 Å². The van der Waals surface area contributed by atoms with E-state index < -0.39 is 0 Å². The fourth-order valence-electron chi connectivity index (χ4n) is 3.41. The van der Waals surface area contributed by atoms with E-state index in [2.05, 4.69) is 103 Å². The summed E-state index contributed by atoms with van der Waals surface area (Å²) >= 11 is 0. The minimum Gasteiger partial charge on any atom is -0.317 e. The highest BCUT2D eigenvalue weighted by Gasteiger charge is 2.12. The summed E-state index contributed by atoms with van der Waals surface area (Å²) in [5.41, 5.74) is 7.73. The predicted molar refractivity (Wildman–Crippen MR) is 128 cm³/mol. The van der Waals surface area contributed by atoms with Crippen molar-refractivity contribution >= 4 is 23.2 Å². The standard InChI is InChI=1S/C28H24N2/c1-22-12-16-26(17-13-22)30(27-18-14-23(20-29)15-19-27)21-28(24-8-4-2-5-9-24)25-10-6-3-7-11-25/h2-21,29H,1H3. The van der Waals surface area contributed by atoms with Crippen LogP contribution in [0.1, 0.15) is 22.3 Å². The third kappa shape index (κ3) is 4.39. The molecule has 0 saturated carbocycles. The van der Waals surface area contributed by atoms with Crippen LogP contribution >= 0.6 is 0 Å². The minimum atomic E-state index is 0.887. The molecule has 0 fully saturated rings. The van der Waals surface area contributed by atoms with E-state index in [4.69, 9.17) is 5.41 Å². The van der Waals surface area contributed by atoms with E-state index in [9.17, 15) is 0 Å². The van der Waals surface area contributed by atoms with E-state index in [1.165, 1.54) is 11.8 Å². The van der Waals surface area contributed by atoms with Gasteiger partial charge in [-0.05, 0) is 47.9 Å². The number of nitrogens with one attached hydrogen (secondary N) is 1. The summed E-state index contributed by atoms with van der Waals surface area (Å²) < 4.78 is 0. The van der Waals surface area contributed by atoms with E-state index in [0.717, 1.165) is 33.6 Å². The molecule has 0 saturated heterocycles. The van der Waals surface area contributed by atoms with E-state index in [-0.39, 0.29) is 0 Å². The van der Waals surface area contributed by atoms with Crippen LogP contribution in [-0.4, -0.2) is 6.21 Å². The van der Waals surface area contributed by atoms with Gasteiger partial charge in [0.25, 0.3) is 0 Å². The Hall–Kier alpha value is -3.91. The van der Waals surface area contributed by atoms with Crippen LogP contribution in [0.5, 0.6) is 0 Å². The van der Waals surface area contributed by atoms with E-state index in [1.807, 2.05) is 24.3 Å². The van der Waals surface area contributed by atoms with Crippen molar-refractivity contribution in [2.24, 2.45) is 0 Å². The van der Waals surface area contributed by atoms with Gasteiger partial charge in [0, 0.05) is 29.4 Å². The van der Waals surface area contributed by atoms with Crippen molar-refractivity contribution in [1.82, 2.24) is 0 Å². The maximum atomic E-state index is 7.50. The number of anilines is 2. The first-order valence-corrected chi connectivity index (χ1v) is 10.0. The van der Waals surface area contributed by atoms with Gasteiger partial charge in [-0.25, -0.2) is 0 Å². The second kappa shape index (κ2) is 9.06. The van der Waals surface area contributed by atoms with Crippen LogP contribution in [0.4, 0.5) is 11.4 Å². The summed E-state index contributed by atoms with van der Waals surface area (Å²) in [6, 6.07) is 37.6. The molecule has 146 valence electrons. The third-order valence-corrected chi connectivity index (χ3v) is 5.08. The Labute approximate surface area is 178 Å². The minimum absolute atomic E-state index is 0.887. The number of hydrogen-bond acceptors (Lipinski definition) is 2. The van der Waals surface area contributed by atoms with Crippen molar-refractivity contribution in [3.05, 3.63) is 138 Å². The van der Waals surface area contributed by atoms with Crippen LogP contribution in [0.15, 0.2) is 115 Å². The van der Waals surface area contributed by atoms with Gasteiger partial charge in [-0.15, -0.1) is 0 Å². The summed E-state index contributed by atoms with van der Waals surface area (Å²) in [5, 5.41) is 7.50. The van der Waals surface area contributed by atoms with Gasteiger partial charge in [0.05, 0.1) is 0 Å². The third-order valence-electron chi connectivity index (χ3n) is 5.08. The molecule has 4 aromatic rings. The Balaban J connectivity index is 1.89. The smallest absolute Gasteiger partial charge is 0.0456 e. The molecule has 2 nitrogen and oxygen atoms in total. The van der Waals surface area contributed by atoms with Crippen LogP contribution in [0.2, 0.25) is 0 Å². The lowest BCUT2D eigenvalue weighted by atomic mass is 9.98. The summed E-state index contributed by atoms with van der Waals surface area (Å²) in [7, 11) is 0. The first kappa shape index (κ1) is 19.4. The quantitative estimate of drug-likeness (QED) is 0.347. The molecule has 4 rings (SSSR count). The average molecular weight is 389 g/mol. The molecule has 0 unspecified atom stereocenters. The molecule has 1 N–H and O–H groups in total. The molecular weight excluding hydrogens is 364 g/mol. The van der Waals surface area contributed by atoms with Crippen LogP contribution in [-0.2, 0) is 0 Å². The van der Waals surface area contributed by atoms with Gasteiger partial charge in [0.1, 0.15) is 0 Å². The number of rotatable bonds is 6. The molecule has 0 amide bonds. The molecule has 0 aliphatic heterocycles. The maximum absolute atomic E-state index is 7.50. The summed E-state index contributed by atoms with van der Waals surface area (Å²) in [5.74, 6) is 0. The topological polar surface area (TPSA) is 27.1 Å². The molecule has 30 heavy (non-hydrogen) atoms. The first-order valence-electron chi connectivity index (χ1n) is 10.0. The largest absolute Gasteiger partial charge is 0.317 e. The van der Waals surface area contributed by atoms with E-state index >= 15 is 0 Å². The molecule has 4 aromatic carbocycles. The van der Waals surface area contributed by atoms with Gasteiger partial charge >= 0.3 is 0 Å². The van der Waals surface area contributed by atoms with Crippen LogP contribution in [0.3, 0.4) is 0 Å². The van der Waals surface area contributed by atoms with Crippen molar-refractivity contribution in [1.29, 1.82) is 5.41 Å². The van der Waals surface area contributed by atoms with Crippen LogP contribution in [0, 0.1) is 12.3 Å². The average Bonchev–Trinajstić information content (AvgIpc) is 2.82. The molecule has 0 heterocycles. The van der Waals surface area contributed by atoms with Crippen molar-refractivity contribution in [2.45, 2.75) is 6.92 Å². The highest BCUT2D eigenvalue weighted by atomic mass is 15.1. The molecule has 0 aliphatic carbocycles. The second-order valence-electron chi connectivity index (χ2n) is 7.22. The van der Waals surface area contributed by atoms with E-state index in [0.29, 0.717) is 0 Å². The molecule has 0 radical (unpaired) electrons. The van der Waals surface area contributed by atoms with Gasteiger partial charge in [0.2, 0.25) is 0 Å². The Kier molecular flexibility index (Phi) is 5.86. The second-order valence-corrected chi connectivity index (χ2v) is 7.22. The zero-order valence-corrected chi connectivity index (χ0v) is 17.0. The summed E-state index contributed by atoms with van der Waals surface area (Å²) in [4.78, 5) is 2.21. The Morgan fingerprint density at radius 1 is 0.633 bits per heavy atom. The Morgan fingerprint density at radius 3 is 1.57 bits per heavy atom. The van der Waals surface area contributed by atoms with Gasteiger partial charge in [-0.1, -0.05) is 90.5 Å². The molecule has 0 bridgehead atoms. The molecular formula is C28H24N2. The van der Waals surface area contributed by atoms with Gasteiger partial charge in [-0.2, -0.15) is 0 Å². The number of hydrogen-bond donors (Lipinski definition) is 1. The number of benzene rings is 4. The monoisotopic (exact) mass is 388 g/mol. The van der Waals surface area contributed by atoms with Crippen LogP contribution in [0.25, 0.3) is 5.57 Å². The van der Waals surface area contributed by atoms with Gasteiger partial charge in [0.15, 0.2) is 0 Å². The molecule has 0 aromatic heterocycles. The lowest BCUT2D eigenvalue weighted by Crippen LogP contribution is -2.10. The summed E-state index contributed by atoms with van der Waals surface area (Å²) in [6.45, 7) is 2.10. The van der Waals surface area contributed by atoms with Crippen molar-refractivity contribution in [3.63, 3.8) is 0 Å². The zero-order chi connectivity index (χ0) is 20.8. The zero-order valence-electron chi connectivity index (χ0n) is 17.0. The maximum Gasteiger partial charge on any atom is 0.0456 e. The summed E-state index contributed by atoms with van der Waals surface area (Å²) in [6.07, 6.45) is 3.57. The highest BCUT2D eigenvalue weighted by Crippen LogP contribution is 2.31. The lowest BCUT2D eigenvalue weighted by Gasteiger charge is -2.23.